The van der Waals surface area contributed by atoms with E-state index in [1.807, 2.05) is 0 Å². The molecule has 4 fully saturated rings. The van der Waals surface area contributed by atoms with E-state index in [1.54, 1.807) is 32.1 Å². The molecule has 4 unspecified atom stereocenters. The van der Waals surface area contributed by atoms with E-state index in [1.165, 1.54) is 11.8 Å². The van der Waals surface area contributed by atoms with E-state index in [0.717, 1.165) is 23.2 Å². The van der Waals surface area contributed by atoms with Gasteiger partial charge in [-0.05, 0) is 67.1 Å². The lowest BCUT2D eigenvalue weighted by molar-refractivity contribution is -0.00119. The molecule has 0 radical (unpaired) electrons. The first-order chi connectivity index (χ1) is 5.79. The molecule has 66 valence electrons. The molecule has 0 amide bonds. The summed E-state index contributed by atoms with van der Waals surface area (Å²) in [5.74, 6) is 5.79. The van der Waals surface area contributed by atoms with Gasteiger partial charge < -0.3 is 0 Å². The fourth-order valence-electron chi connectivity index (χ4n) is 5.46. The summed E-state index contributed by atoms with van der Waals surface area (Å²) in [6.07, 6.45) is 8.14. The zero-order chi connectivity index (χ0) is 7.92. The van der Waals surface area contributed by atoms with Crippen molar-refractivity contribution >= 4 is 0 Å². The Morgan fingerprint density at radius 2 is 1.50 bits per heavy atom. The second-order valence-corrected chi connectivity index (χ2v) is 6.12. The fourth-order valence-corrected chi connectivity index (χ4v) is 5.46. The average molecular weight is 162 g/mol. The van der Waals surface area contributed by atoms with Gasteiger partial charge in [-0.2, -0.15) is 0 Å². The van der Waals surface area contributed by atoms with Gasteiger partial charge in [-0.3, -0.25) is 0 Å². The molecule has 0 heterocycles. The van der Waals surface area contributed by atoms with Crippen LogP contribution in [0.3, 0.4) is 0 Å². The molecule has 3 bridgehead atoms. The summed E-state index contributed by atoms with van der Waals surface area (Å²) in [5, 5.41) is 0. The lowest BCUT2D eigenvalue weighted by atomic mass is 9.56. The highest BCUT2D eigenvalue weighted by atomic mass is 14.7. The maximum absolute atomic E-state index is 2.54. The van der Waals surface area contributed by atoms with E-state index in [2.05, 4.69) is 6.92 Å². The van der Waals surface area contributed by atoms with Gasteiger partial charge in [0.25, 0.3) is 0 Å². The molecule has 1 spiro atoms. The highest BCUT2D eigenvalue weighted by molar-refractivity contribution is 5.17. The molecular formula is C12H18. The van der Waals surface area contributed by atoms with Gasteiger partial charge in [-0.1, -0.05) is 6.92 Å². The van der Waals surface area contributed by atoms with Gasteiger partial charge in [0.1, 0.15) is 0 Å². The van der Waals surface area contributed by atoms with Gasteiger partial charge in [-0.15, -0.1) is 0 Å². The summed E-state index contributed by atoms with van der Waals surface area (Å²) in [4.78, 5) is 0. The zero-order valence-electron chi connectivity index (χ0n) is 7.92. The van der Waals surface area contributed by atoms with Crippen LogP contribution >= 0.6 is 0 Å². The van der Waals surface area contributed by atoms with Crippen LogP contribution in [-0.2, 0) is 0 Å². The van der Waals surface area contributed by atoms with Crippen LogP contribution < -0.4 is 0 Å². The van der Waals surface area contributed by atoms with E-state index in [4.69, 9.17) is 0 Å². The average Bonchev–Trinajstić information content (AvgIpc) is 2.45. The monoisotopic (exact) mass is 162 g/mol. The zero-order valence-corrected chi connectivity index (χ0v) is 7.92. The fraction of sp³-hybridized carbons (Fsp3) is 1.00. The molecule has 4 saturated carbocycles. The Kier molecular flexibility index (Phi) is 0.875. The first-order valence-corrected chi connectivity index (χ1v) is 5.79. The summed E-state index contributed by atoms with van der Waals surface area (Å²) in [5.41, 5.74) is 0.946. The maximum atomic E-state index is 2.54. The second kappa shape index (κ2) is 1.63. The Bertz CT molecular complexity index is 218. The second-order valence-electron chi connectivity index (χ2n) is 6.12. The number of hydrogen-bond donors (Lipinski definition) is 0. The van der Waals surface area contributed by atoms with Crippen LogP contribution in [0.15, 0.2) is 0 Å². The molecule has 4 aliphatic carbocycles. The number of fused-ring (bicyclic) bond motifs is 2. The molecule has 0 aromatic carbocycles. The minimum atomic E-state index is 0.946. The Labute approximate surface area is 74.7 Å². The third kappa shape index (κ3) is 0.459. The van der Waals surface area contributed by atoms with Crippen molar-refractivity contribution in [3.63, 3.8) is 0 Å². The van der Waals surface area contributed by atoms with Crippen LogP contribution in [-0.4, -0.2) is 0 Å². The highest BCUT2D eigenvalue weighted by Crippen LogP contribution is 2.76. The van der Waals surface area contributed by atoms with Gasteiger partial charge >= 0.3 is 0 Å². The summed E-state index contributed by atoms with van der Waals surface area (Å²) < 4.78 is 0. The van der Waals surface area contributed by atoms with Crippen molar-refractivity contribution in [2.45, 2.75) is 39.0 Å². The molecule has 4 aliphatic rings. The SMILES string of the molecule is CC1C2CC3CC4CC1CC34C2. The number of rotatable bonds is 0. The highest BCUT2D eigenvalue weighted by Gasteiger charge is 2.67. The Balaban J connectivity index is 1.86. The lowest BCUT2D eigenvalue weighted by Gasteiger charge is -2.49. The summed E-state index contributed by atoms with van der Waals surface area (Å²) >= 11 is 0. The maximum Gasteiger partial charge on any atom is -0.0235 e. The normalized spacial score (nSPS) is 71.2. The first-order valence-electron chi connectivity index (χ1n) is 5.79. The first kappa shape index (κ1) is 6.45. The predicted molar refractivity (Wildman–Crippen MR) is 48.6 cm³/mol. The minimum Gasteiger partial charge on any atom is -0.0620 e. The van der Waals surface area contributed by atoms with E-state index < -0.39 is 0 Å². The largest absolute Gasteiger partial charge is 0.0620 e. The lowest BCUT2D eigenvalue weighted by Crippen LogP contribution is -2.41. The third-order valence-electron chi connectivity index (χ3n) is 6.14. The molecule has 0 heteroatoms. The van der Waals surface area contributed by atoms with E-state index in [0.29, 0.717) is 0 Å². The molecule has 0 saturated heterocycles. The molecule has 0 aliphatic heterocycles. The van der Waals surface area contributed by atoms with Gasteiger partial charge in [0, 0.05) is 0 Å². The van der Waals surface area contributed by atoms with Crippen LogP contribution in [0, 0.1) is 35.0 Å². The standard InChI is InChI=1S/C12H18/c1-7-8-2-10-4-11-3-9(7)6-12(10,11)5-8/h7-11H,2-6H2,1H3. The molecular weight excluding hydrogens is 144 g/mol. The Hall–Kier alpha value is 0. The topological polar surface area (TPSA) is 0 Å². The molecule has 0 nitrogen and oxygen atoms in total. The Morgan fingerprint density at radius 1 is 0.917 bits per heavy atom. The van der Waals surface area contributed by atoms with E-state index >= 15 is 0 Å². The van der Waals surface area contributed by atoms with Gasteiger partial charge in [0.15, 0.2) is 0 Å². The third-order valence-corrected chi connectivity index (χ3v) is 6.14. The van der Waals surface area contributed by atoms with Gasteiger partial charge in [0.05, 0.1) is 0 Å². The number of hydrogen-bond acceptors (Lipinski definition) is 0. The van der Waals surface area contributed by atoms with E-state index in [9.17, 15) is 0 Å². The van der Waals surface area contributed by atoms with E-state index in [-0.39, 0.29) is 0 Å². The van der Waals surface area contributed by atoms with Crippen LogP contribution in [0.5, 0.6) is 0 Å². The minimum absolute atomic E-state index is 0.946. The van der Waals surface area contributed by atoms with Gasteiger partial charge in [0.2, 0.25) is 0 Å². The molecule has 4 rings (SSSR count). The summed E-state index contributed by atoms with van der Waals surface area (Å²) in [7, 11) is 0. The molecule has 0 aromatic heterocycles. The van der Waals surface area contributed by atoms with Crippen LogP contribution in [0.1, 0.15) is 39.0 Å². The Morgan fingerprint density at radius 3 is 2.08 bits per heavy atom. The molecule has 12 heavy (non-hydrogen) atoms. The summed E-state index contributed by atoms with van der Waals surface area (Å²) in [6.45, 7) is 2.54. The van der Waals surface area contributed by atoms with Crippen molar-refractivity contribution in [1.29, 1.82) is 0 Å². The summed E-state index contributed by atoms with van der Waals surface area (Å²) in [6, 6.07) is 0. The van der Waals surface area contributed by atoms with Crippen molar-refractivity contribution in [3.05, 3.63) is 0 Å². The van der Waals surface area contributed by atoms with Crippen LogP contribution in [0.25, 0.3) is 0 Å². The van der Waals surface area contributed by atoms with Crippen molar-refractivity contribution in [2.75, 3.05) is 0 Å². The van der Waals surface area contributed by atoms with Gasteiger partial charge in [-0.25, -0.2) is 0 Å². The van der Waals surface area contributed by atoms with Crippen LogP contribution in [0.4, 0.5) is 0 Å². The smallest absolute Gasteiger partial charge is 0.0235 e. The quantitative estimate of drug-likeness (QED) is 0.513. The van der Waals surface area contributed by atoms with Crippen molar-refractivity contribution in [2.24, 2.45) is 35.0 Å². The predicted octanol–water partition coefficient (Wildman–Crippen LogP) is 3.08. The van der Waals surface area contributed by atoms with Crippen molar-refractivity contribution in [3.8, 4) is 0 Å². The molecule has 0 aromatic rings. The molecule has 4 atom stereocenters. The van der Waals surface area contributed by atoms with Crippen molar-refractivity contribution < 1.29 is 0 Å². The van der Waals surface area contributed by atoms with Crippen molar-refractivity contribution in [1.82, 2.24) is 0 Å². The molecule has 0 N–H and O–H groups in total. The van der Waals surface area contributed by atoms with Crippen LogP contribution in [0.2, 0.25) is 0 Å².